The third-order valence-electron chi connectivity index (χ3n) is 4.84. The van der Waals surface area contributed by atoms with E-state index in [1.165, 1.54) is 6.07 Å². The fourth-order valence-corrected chi connectivity index (χ4v) is 3.69. The Kier molecular flexibility index (Phi) is 5.99. The minimum absolute atomic E-state index is 0.0484. The standard InChI is InChI=1S/C18H21BrClFN4O/c1-12-15(19)10-22-25(12)13(2)18(26)24-8-6-23(7-9-24)11-14-16(20)4-3-5-17(14)21/h3-5,10,13H,6-9,11H2,1-2H3. The van der Waals surface area contributed by atoms with E-state index >= 15 is 0 Å². The monoisotopic (exact) mass is 442 g/mol. The minimum Gasteiger partial charge on any atom is -0.338 e. The number of benzene rings is 1. The van der Waals surface area contributed by atoms with Gasteiger partial charge in [-0.15, -0.1) is 0 Å². The summed E-state index contributed by atoms with van der Waals surface area (Å²) in [5.74, 6) is -0.239. The Morgan fingerprint density at radius 2 is 2.04 bits per heavy atom. The molecule has 140 valence electrons. The second-order valence-electron chi connectivity index (χ2n) is 6.50. The molecule has 0 N–H and O–H groups in total. The Labute approximate surface area is 165 Å². The van der Waals surface area contributed by atoms with Crippen molar-refractivity contribution in [3.05, 3.63) is 51.0 Å². The second kappa shape index (κ2) is 8.06. The summed E-state index contributed by atoms with van der Waals surface area (Å²) in [6.07, 6.45) is 1.70. The van der Waals surface area contributed by atoms with Crippen molar-refractivity contribution in [2.45, 2.75) is 26.4 Å². The Hall–Kier alpha value is -1.44. The van der Waals surface area contributed by atoms with Gasteiger partial charge in [-0.1, -0.05) is 17.7 Å². The van der Waals surface area contributed by atoms with Crippen LogP contribution in [0.15, 0.2) is 28.9 Å². The van der Waals surface area contributed by atoms with Crippen LogP contribution in [0.4, 0.5) is 4.39 Å². The number of hydrogen-bond donors (Lipinski definition) is 0. The van der Waals surface area contributed by atoms with Gasteiger partial charge in [-0.3, -0.25) is 14.4 Å². The highest BCUT2D eigenvalue weighted by Crippen LogP contribution is 2.23. The van der Waals surface area contributed by atoms with Crippen LogP contribution in [0.25, 0.3) is 0 Å². The second-order valence-corrected chi connectivity index (χ2v) is 7.76. The predicted octanol–water partition coefficient (Wildman–Crippen LogP) is 3.65. The summed E-state index contributed by atoms with van der Waals surface area (Å²) < 4.78 is 16.6. The van der Waals surface area contributed by atoms with Crippen molar-refractivity contribution in [2.24, 2.45) is 0 Å². The van der Waals surface area contributed by atoms with Crippen molar-refractivity contribution in [1.29, 1.82) is 0 Å². The molecule has 0 saturated carbocycles. The minimum atomic E-state index is -0.353. The van der Waals surface area contributed by atoms with Gasteiger partial charge in [0, 0.05) is 43.3 Å². The Morgan fingerprint density at radius 3 is 2.62 bits per heavy atom. The maximum absolute atomic E-state index is 14.0. The topological polar surface area (TPSA) is 41.4 Å². The van der Waals surface area contributed by atoms with E-state index in [9.17, 15) is 9.18 Å². The fourth-order valence-electron chi connectivity index (χ4n) is 3.20. The number of nitrogens with zero attached hydrogens (tertiary/aromatic N) is 4. The van der Waals surface area contributed by atoms with Gasteiger partial charge >= 0.3 is 0 Å². The summed E-state index contributed by atoms with van der Waals surface area (Å²) in [6.45, 7) is 6.83. The molecule has 1 aliphatic rings. The van der Waals surface area contributed by atoms with E-state index in [0.29, 0.717) is 43.3 Å². The predicted molar refractivity (Wildman–Crippen MR) is 103 cm³/mol. The van der Waals surface area contributed by atoms with E-state index in [-0.39, 0.29) is 17.8 Å². The van der Waals surface area contributed by atoms with E-state index in [0.717, 1.165) is 10.2 Å². The van der Waals surface area contributed by atoms with Crippen LogP contribution in [0.5, 0.6) is 0 Å². The molecule has 2 aromatic rings. The molecule has 3 rings (SSSR count). The van der Waals surface area contributed by atoms with Crippen molar-refractivity contribution < 1.29 is 9.18 Å². The maximum Gasteiger partial charge on any atom is 0.247 e. The summed E-state index contributed by atoms with van der Waals surface area (Å²) in [5, 5.41) is 4.72. The molecule has 0 bridgehead atoms. The molecule has 1 saturated heterocycles. The van der Waals surface area contributed by atoms with Crippen LogP contribution in [-0.4, -0.2) is 51.7 Å². The molecule has 1 aromatic carbocycles. The molecule has 0 radical (unpaired) electrons. The molecule has 5 nitrogen and oxygen atoms in total. The third kappa shape index (κ3) is 3.94. The van der Waals surface area contributed by atoms with E-state index in [4.69, 9.17) is 11.6 Å². The Balaban J connectivity index is 1.59. The summed E-state index contributed by atoms with van der Waals surface area (Å²) >= 11 is 9.53. The molecule has 1 fully saturated rings. The number of aromatic nitrogens is 2. The van der Waals surface area contributed by atoms with Gasteiger partial charge in [0.05, 0.1) is 16.4 Å². The number of amides is 1. The highest BCUT2D eigenvalue weighted by molar-refractivity contribution is 9.10. The average molecular weight is 444 g/mol. The largest absolute Gasteiger partial charge is 0.338 e. The van der Waals surface area contributed by atoms with Crippen LogP contribution in [0.3, 0.4) is 0 Å². The van der Waals surface area contributed by atoms with Crippen LogP contribution in [0.2, 0.25) is 5.02 Å². The molecule has 1 unspecified atom stereocenters. The van der Waals surface area contributed by atoms with Crippen LogP contribution in [0, 0.1) is 12.7 Å². The Morgan fingerprint density at radius 1 is 1.35 bits per heavy atom. The smallest absolute Gasteiger partial charge is 0.247 e. The summed E-state index contributed by atoms with van der Waals surface area (Å²) in [5.41, 5.74) is 1.44. The van der Waals surface area contributed by atoms with Gasteiger partial charge < -0.3 is 4.90 Å². The number of piperazine rings is 1. The lowest BCUT2D eigenvalue weighted by Crippen LogP contribution is -2.50. The summed E-state index contributed by atoms with van der Waals surface area (Å²) in [7, 11) is 0. The highest BCUT2D eigenvalue weighted by atomic mass is 79.9. The van der Waals surface area contributed by atoms with E-state index in [2.05, 4.69) is 25.9 Å². The van der Waals surface area contributed by atoms with Crippen molar-refractivity contribution in [2.75, 3.05) is 26.2 Å². The number of carbonyl (C=O) groups is 1. The van der Waals surface area contributed by atoms with Gasteiger partial charge in [0.2, 0.25) is 5.91 Å². The van der Waals surface area contributed by atoms with Crippen molar-refractivity contribution in [3.8, 4) is 0 Å². The molecule has 1 aliphatic heterocycles. The van der Waals surface area contributed by atoms with Gasteiger partial charge in [-0.2, -0.15) is 5.10 Å². The van der Waals surface area contributed by atoms with Gasteiger partial charge in [0.1, 0.15) is 11.9 Å². The first-order valence-electron chi connectivity index (χ1n) is 8.52. The molecule has 0 aliphatic carbocycles. The normalized spacial score (nSPS) is 16.7. The van der Waals surface area contributed by atoms with Crippen LogP contribution >= 0.6 is 27.5 Å². The molecular weight excluding hydrogens is 423 g/mol. The van der Waals surface area contributed by atoms with Crippen LogP contribution < -0.4 is 0 Å². The summed E-state index contributed by atoms with van der Waals surface area (Å²) in [4.78, 5) is 16.7. The van der Waals surface area contributed by atoms with Crippen molar-refractivity contribution in [1.82, 2.24) is 19.6 Å². The molecule has 2 heterocycles. The summed E-state index contributed by atoms with van der Waals surface area (Å²) in [6, 6.07) is 4.38. The Bertz CT molecular complexity index is 784. The fraction of sp³-hybridized carbons (Fsp3) is 0.444. The van der Waals surface area contributed by atoms with E-state index in [1.807, 2.05) is 18.7 Å². The molecule has 1 aromatic heterocycles. The molecule has 26 heavy (non-hydrogen) atoms. The highest BCUT2D eigenvalue weighted by Gasteiger charge is 2.27. The zero-order valence-electron chi connectivity index (χ0n) is 14.8. The van der Waals surface area contributed by atoms with Crippen molar-refractivity contribution >= 4 is 33.4 Å². The zero-order valence-corrected chi connectivity index (χ0v) is 17.1. The third-order valence-corrected chi connectivity index (χ3v) is 5.97. The SMILES string of the molecule is Cc1c(Br)cnn1C(C)C(=O)N1CCN(Cc2c(F)cccc2Cl)CC1. The molecule has 1 atom stereocenters. The molecule has 8 heteroatoms. The number of rotatable bonds is 4. The quantitative estimate of drug-likeness (QED) is 0.724. The van der Waals surface area contributed by atoms with E-state index < -0.39 is 0 Å². The zero-order chi connectivity index (χ0) is 18.8. The average Bonchev–Trinajstić information content (AvgIpc) is 2.97. The lowest BCUT2D eigenvalue weighted by Gasteiger charge is -2.36. The maximum atomic E-state index is 14.0. The van der Waals surface area contributed by atoms with E-state index in [1.54, 1.807) is 23.0 Å². The van der Waals surface area contributed by atoms with Gasteiger partial charge in [-0.05, 0) is 41.9 Å². The lowest BCUT2D eigenvalue weighted by molar-refractivity contribution is -0.136. The molecule has 0 spiro atoms. The first-order chi connectivity index (χ1) is 12.4. The lowest BCUT2D eigenvalue weighted by atomic mass is 10.1. The van der Waals surface area contributed by atoms with Crippen LogP contribution in [-0.2, 0) is 11.3 Å². The van der Waals surface area contributed by atoms with Crippen LogP contribution in [0.1, 0.15) is 24.2 Å². The van der Waals surface area contributed by atoms with Gasteiger partial charge in [0.25, 0.3) is 0 Å². The van der Waals surface area contributed by atoms with Gasteiger partial charge in [-0.25, -0.2) is 4.39 Å². The first-order valence-corrected chi connectivity index (χ1v) is 9.69. The number of carbonyl (C=O) groups excluding carboxylic acids is 1. The number of halogens is 3. The van der Waals surface area contributed by atoms with Gasteiger partial charge in [0.15, 0.2) is 0 Å². The number of hydrogen-bond acceptors (Lipinski definition) is 3. The van der Waals surface area contributed by atoms with Crippen molar-refractivity contribution in [3.63, 3.8) is 0 Å². The first kappa shape index (κ1) is 19.3. The molecule has 1 amide bonds. The molecular formula is C18H21BrClFN4O.